The molecule has 1 aromatic rings. The Bertz CT molecular complexity index is 456. The highest BCUT2D eigenvalue weighted by Gasteiger charge is 2.28. The molecular formula is C15H23ClN2O3. The summed E-state index contributed by atoms with van der Waals surface area (Å²) in [4.78, 5) is 14.1. The van der Waals surface area contributed by atoms with E-state index in [4.69, 9.17) is 9.47 Å². The monoisotopic (exact) mass is 314 g/mol. The first-order chi connectivity index (χ1) is 9.74. The quantitative estimate of drug-likeness (QED) is 0.868. The standard InChI is InChI=1S/C15H22N2O3.ClH/c1-16-10-12-5-4-8-17(12)15(18)11-20-14-7-3-6-13(9-14)19-2;/h3,6-7,9,12,16H,4-5,8,10-11H2,1-2H3;1H. The molecule has 1 heterocycles. The summed E-state index contributed by atoms with van der Waals surface area (Å²) in [6.07, 6.45) is 2.13. The number of likely N-dealkylation sites (N-methyl/N-ethyl adjacent to an activating group) is 1. The maximum Gasteiger partial charge on any atom is 0.260 e. The third-order valence-corrected chi connectivity index (χ3v) is 3.54. The van der Waals surface area contributed by atoms with Crippen LogP contribution in [0.2, 0.25) is 0 Å². The summed E-state index contributed by atoms with van der Waals surface area (Å²) in [6, 6.07) is 7.59. The minimum absolute atomic E-state index is 0. The number of rotatable bonds is 6. The van der Waals surface area contributed by atoms with Crippen molar-refractivity contribution in [2.45, 2.75) is 18.9 Å². The summed E-state index contributed by atoms with van der Waals surface area (Å²) in [5.41, 5.74) is 0. The molecule has 1 aliphatic rings. The third-order valence-electron chi connectivity index (χ3n) is 3.54. The van der Waals surface area contributed by atoms with Crippen molar-refractivity contribution in [2.75, 3.05) is 33.9 Å². The highest BCUT2D eigenvalue weighted by molar-refractivity contribution is 5.85. The maximum absolute atomic E-state index is 12.2. The second kappa shape index (κ2) is 8.74. The number of halogens is 1. The molecule has 2 rings (SSSR count). The SMILES string of the molecule is CNCC1CCCN1C(=O)COc1cccc(OC)c1.Cl. The van der Waals surface area contributed by atoms with Gasteiger partial charge in [-0.1, -0.05) is 6.07 Å². The van der Waals surface area contributed by atoms with Crippen molar-refractivity contribution in [1.29, 1.82) is 0 Å². The molecule has 1 aromatic carbocycles. The van der Waals surface area contributed by atoms with Crippen LogP contribution >= 0.6 is 12.4 Å². The zero-order chi connectivity index (χ0) is 14.4. The van der Waals surface area contributed by atoms with Gasteiger partial charge in [0.1, 0.15) is 11.5 Å². The van der Waals surface area contributed by atoms with Gasteiger partial charge in [0, 0.05) is 25.2 Å². The number of benzene rings is 1. The number of carbonyl (C=O) groups is 1. The summed E-state index contributed by atoms with van der Waals surface area (Å²) in [5.74, 6) is 1.43. The fourth-order valence-electron chi connectivity index (χ4n) is 2.53. The van der Waals surface area contributed by atoms with Gasteiger partial charge in [0.25, 0.3) is 5.91 Å². The van der Waals surface area contributed by atoms with Crippen molar-refractivity contribution in [3.8, 4) is 11.5 Å². The van der Waals surface area contributed by atoms with Crippen LogP contribution in [0.1, 0.15) is 12.8 Å². The Kier molecular flexibility index (Phi) is 7.32. The average molecular weight is 315 g/mol. The molecule has 1 N–H and O–H groups in total. The number of carbonyl (C=O) groups excluding carboxylic acids is 1. The summed E-state index contributed by atoms with van der Waals surface area (Å²) in [5, 5.41) is 3.13. The Morgan fingerprint density at radius 3 is 2.90 bits per heavy atom. The van der Waals surface area contributed by atoms with Crippen molar-refractivity contribution in [3.05, 3.63) is 24.3 Å². The Balaban J connectivity index is 0.00000220. The van der Waals surface area contributed by atoms with E-state index in [1.807, 2.05) is 30.1 Å². The highest BCUT2D eigenvalue weighted by Crippen LogP contribution is 2.20. The van der Waals surface area contributed by atoms with E-state index in [0.29, 0.717) is 11.8 Å². The number of amides is 1. The van der Waals surface area contributed by atoms with Crippen LogP contribution in [0.5, 0.6) is 11.5 Å². The van der Waals surface area contributed by atoms with Gasteiger partial charge in [-0.3, -0.25) is 4.79 Å². The molecule has 6 heteroatoms. The number of nitrogens with zero attached hydrogens (tertiary/aromatic N) is 1. The van der Waals surface area contributed by atoms with Crippen molar-refractivity contribution in [1.82, 2.24) is 10.2 Å². The average Bonchev–Trinajstić information content (AvgIpc) is 2.94. The summed E-state index contributed by atoms with van der Waals surface area (Å²) < 4.78 is 10.7. The molecule has 1 saturated heterocycles. The molecule has 0 aliphatic carbocycles. The van der Waals surface area contributed by atoms with E-state index in [9.17, 15) is 4.79 Å². The normalized spacial score (nSPS) is 17.2. The zero-order valence-electron chi connectivity index (χ0n) is 12.5. The minimum atomic E-state index is 0. The molecule has 21 heavy (non-hydrogen) atoms. The maximum atomic E-state index is 12.2. The number of hydrogen-bond donors (Lipinski definition) is 1. The van der Waals surface area contributed by atoms with Gasteiger partial charge >= 0.3 is 0 Å². The van der Waals surface area contributed by atoms with Crippen molar-refractivity contribution in [3.63, 3.8) is 0 Å². The second-order valence-electron chi connectivity index (χ2n) is 4.91. The van der Waals surface area contributed by atoms with Gasteiger partial charge in [-0.2, -0.15) is 0 Å². The van der Waals surface area contributed by atoms with Crippen LogP contribution in [0.25, 0.3) is 0 Å². The lowest BCUT2D eigenvalue weighted by Gasteiger charge is -2.24. The number of nitrogens with one attached hydrogen (secondary N) is 1. The predicted molar refractivity (Wildman–Crippen MR) is 84.4 cm³/mol. The third kappa shape index (κ3) is 4.79. The first kappa shape index (κ1) is 17.6. The van der Waals surface area contributed by atoms with E-state index in [2.05, 4.69) is 5.32 Å². The molecule has 1 amide bonds. The molecule has 0 saturated carbocycles. The number of methoxy groups -OCH3 is 1. The Labute approximate surface area is 132 Å². The van der Waals surface area contributed by atoms with E-state index < -0.39 is 0 Å². The smallest absolute Gasteiger partial charge is 0.260 e. The fraction of sp³-hybridized carbons (Fsp3) is 0.533. The minimum Gasteiger partial charge on any atom is -0.497 e. The van der Waals surface area contributed by atoms with Gasteiger partial charge in [-0.25, -0.2) is 0 Å². The lowest BCUT2D eigenvalue weighted by Crippen LogP contribution is -2.43. The molecule has 1 aliphatic heterocycles. The van der Waals surface area contributed by atoms with Crippen LogP contribution in [0.4, 0.5) is 0 Å². The van der Waals surface area contributed by atoms with Crippen molar-refractivity contribution < 1.29 is 14.3 Å². The Morgan fingerprint density at radius 1 is 1.43 bits per heavy atom. The van der Waals surface area contributed by atoms with E-state index in [0.717, 1.165) is 31.7 Å². The lowest BCUT2D eigenvalue weighted by atomic mass is 10.2. The highest BCUT2D eigenvalue weighted by atomic mass is 35.5. The van der Waals surface area contributed by atoms with Crippen LogP contribution in [0.15, 0.2) is 24.3 Å². The first-order valence-corrected chi connectivity index (χ1v) is 6.95. The second-order valence-corrected chi connectivity index (χ2v) is 4.91. The number of likely N-dealkylation sites (tertiary alicyclic amines) is 1. The molecule has 118 valence electrons. The number of ether oxygens (including phenoxy) is 2. The zero-order valence-corrected chi connectivity index (χ0v) is 13.3. The van der Waals surface area contributed by atoms with Gasteiger partial charge in [0.15, 0.2) is 6.61 Å². The molecule has 0 radical (unpaired) electrons. The van der Waals surface area contributed by atoms with E-state index >= 15 is 0 Å². The molecular weight excluding hydrogens is 292 g/mol. The van der Waals surface area contributed by atoms with Gasteiger partial charge < -0.3 is 19.7 Å². The van der Waals surface area contributed by atoms with Gasteiger partial charge in [-0.05, 0) is 32.0 Å². The topological polar surface area (TPSA) is 50.8 Å². The summed E-state index contributed by atoms with van der Waals surface area (Å²) in [6.45, 7) is 1.74. The molecule has 0 spiro atoms. The molecule has 0 bridgehead atoms. The molecule has 0 aromatic heterocycles. The van der Waals surface area contributed by atoms with Gasteiger partial charge in [0.2, 0.25) is 0 Å². The van der Waals surface area contributed by atoms with Crippen LogP contribution in [-0.4, -0.2) is 50.7 Å². The molecule has 5 nitrogen and oxygen atoms in total. The first-order valence-electron chi connectivity index (χ1n) is 6.95. The van der Waals surface area contributed by atoms with Crippen LogP contribution in [0.3, 0.4) is 0 Å². The summed E-state index contributed by atoms with van der Waals surface area (Å²) >= 11 is 0. The molecule has 1 fully saturated rings. The lowest BCUT2D eigenvalue weighted by molar-refractivity contribution is -0.134. The largest absolute Gasteiger partial charge is 0.497 e. The van der Waals surface area contributed by atoms with E-state index in [1.165, 1.54) is 0 Å². The predicted octanol–water partition coefficient (Wildman–Crippen LogP) is 1.71. The van der Waals surface area contributed by atoms with Gasteiger partial charge in [-0.15, -0.1) is 12.4 Å². The fourth-order valence-corrected chi connectivity index (χ4v) is 2.53. The Morgan fingerprint density at radius 2 is 2.19 bits per heavy atom. The molecule has 1 atom stereocenters. The van der Waals surface area contributed by atoms with Crippen molar-refractivity contribution in [2.24, 2.45) is 0 Å². The van der Waals surface area contributed by atoms with E-state index in [1.54, 1.807) is 13.2 Å². The van der Waals surface area contributed by atoms with Crippen LogP contribution in [0, 0.1) is 0 Å². The Hall–Kier alpha value is -1.46. The molecule has 1 unspecified atom stereocenters. The number of hydrogen-bond acceptors (Lipinski definition) is 4. The summed E-state index contributed by atoms with van der Waals surface area (Å²) in [7, 11) is 3.52. The van der Waals surface area contributed by atoms with E-state index in [-0.39, 0.29) is 24.9 Å². The van der Waals surface area contributed by atoms with Crippen LogP contribution in [-0.2, 0) is 4.79 Å². The van der Waals surface area contributed by atoms with Gasteiger partial charge in [0.05, 0.1) is 7.11 Å². The van der Waals surface area contributed by atoms with Crippen molar-refractivity contribution >= 4 is 18.3 Å². The van der Waals surface area contributed by atoms with Crippen LogP contribution < -0.4 is 14.8 Å².